The van der Waals surface area contributed by atoms with Gasteiger partial charge in [-0.25, -0.2) is 8.42 Å². The number of rotatable bonds is 7. The molecule has 1 aromatic carbocycles. The summed E-state index contributed by atoms with van der Waals surface area (Å²) in [6.45, 7) is 4.53. The lowest BCUT2D eigenvalue weighted by atomic mass is 10.1. The number of aryl methyl sites for hydroxylation is 1. The van der Waals surface area contributed by atoms with Gasteiger partial charge < -0.3 is 9.30 Å². The van der Waals surface area contributed by atoms with Gasteiger partial charge in [-0.1, -0.05) is 17.7 Å². The van der Waals surface area contributed by atoms with Crippen molar-refractivity contribution in [1.29, 1.82) is 0 Å². The number of nitrogens with zero attached hydrogens (tertiary/aromatic N) is 1. The van der Waals surface area contributed by atoms with Crippen LogP contribution in [0, 0.1) is 13.8 Å². The maximum Gasteiger partial charge on any atom is 0.324 e. The molecule has 9 heteroatoms. The maximum absolute atomic E-state index is 12.3. The Bertz CT molecular complexity index is 982. The molecule has 0 radical (unpaired) electrons. The van der Waals surface area contributed by atoms with E-state index in [0.29, 0.717) is 5.56 Å². The molecule has 0 amide bonds. The molecule has 0 saturated heterocycles. The number of halogens is 1. The summed E-state index contributed by atoms with van der Waals surface area (Å²) in [5.41, 5.74) is 2.14. The van der Waals surface area contributed by atoms with E-state index in [4.69, 9.17) is 16.3 Å². The van der Waals surface area contributed by atoms with Crippen LogP contribution < -0.4 is 4.72 Å². The van der Waals surface area contributed by atoms with Crippen LogP contribution in [0.2, 0.25) is 5.02 Å². The quantitative estimate of drug-likeness (QED) is 0.556. The van der Waals surface area contributed by atoms with Gasteiger partial charge in [-0.2, -0.15) is 4.72 Å². The normalized spacial score (nSPS) is 12.6. The fourth-order valence-electron chi connectivity index (χ4n) is 2.46. The van der Waals surface area contributed by atoms with Crippen molar-refractivity contribution >= 4 is 33.4 Å². The number of sulfonamides is 1. The monoisotopic (exact) mass is 412 g/mol. The molecule has 0 unspecified atom stereocenters. The molecule has 27 heavy (non-hydrogen) atoms. The molecule has 0 saturated carbocycles. The van der Waals surface area contributed by atoms with Gasteiger partial charge in [0.2, 0.25) is 15.8 Å². The second kappa shape index (κ2) is 8.24. The molecular weight excluding hydrogens is 392 g/mol. The predicted octanol–water partition coefficient (Wildman–Crippen LogP) is 2.39. The van der Waals surface area contributed by atoms with Crippen molar-refractivity contribution in [2.24, 2.45) is 7.05 Å². The number of Topliss-reactive ketones (excluding diaryl/α,β-unsaturated/α-hetero) is 1. The molecule has 0 fully saturated rings. The van der Waals surface area contributed by atoms with E-state index in [9.17, 15) is 18.0 Å². The van der Waals surface area contributed by atoms with Crippen molar-refractivity contribution in [1.82, 2.24) is 9.29 Å². The van der Waals surface area contributed by atoms with Crippen molar-refractivity contribution in [2.75, 3.05) is 6.61 Å². The summed E-state index contributed by atoms with van der Waals surface area (Å²) in [6, 6.07) is 6.21. The molecular formula is C18H21ClN2O5S. The number of hydrogen-bond donors (Lipinski definition) is 1. The van der Waals surface area contributed by atoms with Crippen LogP contribution in [0.25, 0.3) is 0 Å². The van der Waals surface area contributed by atoms with Gasteiger partial charge in [-0.15, -0.1) is 0 Å². The summed E-state index contributed by atoms with van der Waals surface area (Å²) in [6.07, 6.45) is 0. The number of hydrogen-bond acceptors (Lipinski definition) is 5. The van der Waals surface area contributed by atoms with Crippen LogP contribution in [0.1, 0.15) is 28.7 Å². The van der Waals surface area contributed by atoms with E-state index >= 15 is 0 Å². The second-order valence-electron chi connectivity index (χ2n) is 6.18. The average molecular weight is 413 g/mol. The zero-order chi connectivity index (χ0) is 20.4. The fraction of sp³-hybridized carbons (Fsp3) is 0.333. The van der Waals surface area contributed by atoms with Crippen molar-refractivity contribution in [3.05, 3.63) is 52.3 Å². The van der Waals surface area contributed by atoms with Crippen LogP contribution in [-0.4, -0.2) is 37.4 Å². The van der Waals surface area contributed by atoms with E-state index in [1.807, 2.05) is 18.5 Å². The van der Waals surface area contributed by atoms with Crippen LogP contribution in [0.4, 0.5) is 0 Å². The molecule has 1 atom stereocenters. The zero-order valence-electron chi connectivity index (χ0n) is 15.4. The predicted molar refractivity (Wildman–Crippen MR) is 101 cm³/mol. The van der Waals surface area contributed by atoms with Crippen LogP contribution in [0.3, 0.4) is 0 Å². The van der Waals surface area contributed by atoms with Crippen LogP contribution in [-0.2, 0) is 26.6 Å². The highest BCUT2D eigenvalue weighted by molar-refractivity contribution is 7.89. The highest BCUT2D eigenvalue weighted by Gasteiger charge is 2.24. The smallest absolute Gasteiger partial charge is 0.324 e. The van der Waals surface area contributed by atoms with Gasteiger partial charge in [-0.05, 0) is 45.0 Å². The van der Waals surface area contributed by atoms with Crippen molar-refractivity contribution < 1.29 is 22.7 Å². The molecule has 2 aromatic rings. The standard InChI is InChI=1S/C18H21ClN2O5S/c1-11-8-16(13(3)21(11)4)17(22)10-26-18(23)12(2)20-27(24,25)15-7-5-6-14(19)9-15/h5-9,12,20H,10H2,1-4H3/t12-/m0/s1. The van der Waals surface area contributed by atoms with E-state index in [1.165, 1.54) is 31.2 Å². The van der Waals surface area contributed by atoms with E-state index in [2.05, 4.69) is 4.72 Å². The third-order valence-corrected chi connectivity index (χ3v) is 5.99. The SMILES string of the molecule is Cc1cc(C(=O)COC(=O)[C@H](C)NS(=O)(=O)c2cccc(Cl)c2)c(C)n1C. The average Bonchev–Trinajstić information content (AvgIpc) is 2.86. The van der Waals surface area contributed by atoms with E-state index in [0.717, 1.165) is 11.4 Å². The van der Waals surface area contributed by atoms with Gasteiger partial charge in [0.25, 0.3) is 0 Å². The molecule has 1 aromatic heterocycles. The van der Waals surface area contributed by atoms with Crippen molar-refractivity contribution in [3.63, 3.8) is 0 Å². The molecule has 0 aliphatic heterocycles. The third-order valence-electron chi connectivity index (χ3n) is 4.21. The lowest BCUT2D eigenvalue weighted by Gasteiger charge is -2.13. The number of nitrogens with one attached hydrogen (secondary N) is 1. The number of ether oxygens (including phenoxy) is 1. The summed E-state index contributed by atoms with van der Waals surface area (Å²) in [7, 11) is -2.12. The Kier molecular flexibility index (Phi) is 6.46. The minimum atomic E-state index is -3.95. The summed E-state index contributed by atoms with van der Waals surface area (Å²) in [5, 5.41) is 0.257. The summed E-state index contributed by atoms with van der Waals surface area (Å²) < 4.78 is 33.6. The summed E-state index contributed by atoms with van der Waals surface area (Å²) in [4.78, 5) is 24.3. The number of carbonyl (C=O) groups excluding carboxylic acids is 2. The summed E-state index contributed by atoms with van der Waals surface area (Å²) >= 11 is 5.80. The van der Waals surface area contributed by atoms with E-state index in [-0.39, 0.29) is 15.7 Å². The molecule has 0 aliphatic carbocycles. The Morgan fingerprint density at radius 3 is 2.48 bits per heavy atom. The largest absolute Gasteiger partial charge is 0.456 e. The lowest BCUT2D eigenvalue weighted by Crippen LogP contribution is -2.40. The Morgan fingerprint density at radius 2 is 1.93 bits per heavy atom. The molecule has 0 spiro atoms. The van der Waals surface area contributed by atoms with Gasteiger partial charge in [-0.3, -0.25) is 9.59 Å². The van der Waals surface area contributed by atoms with Gasteiger partial charge in [0.15, 0.2) is 6.61 Å². The maximum atomic E-state index is 12.3. The first-order valence-corrected chi connectivity index (χ1v) is 9.99. The Hall–Kier alpha value is -2.16. The van der Waals surface area contributed by atoms with Gasteiger partial charge in [0.1, 0.15) is 6.04 Å². The molecule has 2 rings (SSSR count). The lowest BCUT2D eigenvalue weighted by molar-refractivity contribution is -0.144. The second-order valence-corrected chi connectivity index (χ2v) is 8.33. The van der Waals surface area contributed by atoms with Crippen molar-refractivity contribution in [3.8, 4) is 0 Å². The topological polar surface area (TPSA) is 94.5 Å². The number of carbonyl (C=O) groups is 2. The van der Waals surface area contributed by atoms with E-state index < -0.39 is 28.6 Å². The third kappa shape index (κ3) is 4.97. The van der Waals surface area contributed by atoms with E-state index in [1.54, 1.807) is 13.0 Å². The number of benzene rings is 1. The molecule has 0 aliphatic rings. The molecule has 1 heterocycles. The van der Waals surface area contributed by atoms with Crippen LogP contribution >= 0.6 is 11.6 Å². The molecule has 7 nitrogen and oxygen atoms in total. The summed E-state index contributed by atoms with van der Waals surface area (Å²) in [5.74, 6) is -1.20. The molecule has 0 bridgehead atoms. The van der Waals surface area contributed by atoms with Crippen LogP contribution in [0.15, 0.2) is 35.2 Å². The Labute approximate surface area is 163 Å². The highest BCUT2D eigenvalue weighted by Crippen LogP contribution is 2.16. The molecule has 146 valence electrons. The first kappa shape index (κ1) is 21.1. The number of ketones is 1. The Morgan fingerprint density at radius 1 is 1.26 bits per heavy atom. The van der Waals surface area contributed by atoms with Gasteiger partial charge >= 0.3 is 5.97 Å². The fourth-order valence-corrected chi connectivity index (χ4v) is 3.95. The molecule has 1 N–H and O–H groups in total. The first-order chi connectivity index (χ1) is 12.5. The van der Waals surface area contributed by atoms with Gasteiger partial charge in [0, 0.05) is 29.0 Å². The van der Waals surface area contributed by atoms with Crippen LogP contribution in [0.5, 0.6) is 0 Å². The minimum absolute atomic E-state index is 0.0684. The van der Waals surface area contributed by atoms with Crippen molar-refractivity contribution in [2.45, 2.75) is 31.7 Å². The Balaban J connectivity index is 1.99. The highest BCUT2D eigenvalue weighted by atomic mass is 35.5. The number of aromatic nitrogens is 1. The van der Waals surface area contributed by atoms with Gasteiger partial charge in [0.05, 0.1) is 4.90 Å². The number of esters is 1. The first-order valence-electron chi connectivity index (χ1n) is 8.13. The minimum Gasteiger partial charge on any atom is -0.456 e. The zero-order valence-corrected chi connectivity index (χ0v) is 17.0.